The van der Waals surface area contributed by atoms with Crippen LogP contribution in [0.15, 0.2) is 54.6 Å². The van der Waals surface area contributed by atoms with Crippen molar-refractivity contribution in [2.24, 2.45) is 0 Å². The molecular formula is C20H21N3O4S. The molecule has 146 valence electrons. The molecule has 0 radical (unpaired) electrons. The molecule has 0 unspecified atom stereocenters. The van der Waals surface area contributed by atoms with Crippen LogP contribution in [-0.2, 0) is 14.8 Å². The molecule has 2 N–H and O–H groups in total. The molecule has 1 heterocycles. The number of rotatable bonds is 5. The highest BCUT2D eigenvalue weighted by Crippen LogP contribution is 2.24. The van der Waals surface area contributed by atoms with Crippen LogP contribution in [0.5, 0.6) is 0 Å². The van der Waals surface area contributed by atoms with Gasteiger partial charge in [0.05, 0.1) is 11.4 Å². The number of sulfonamides is 1. The lowest BCUT2D eigenvalue weighted by atomic mass is 10.2. The van der Waals surface area contributed by atoms with Gasteiger partial charge in [-0.25, -0.2) is 8.42 Å². The van der Waals surface area contributed by atoms with Crippen LogP contribution in [0.2, 0.25) is 0 Å². The maximum absolute atomic E-state index is 12.1. The Morgan fingerprint density at radius 2 is 1.71 bits per heavy atom. The number of carbonyl (C=O) groups excluding carboxylic acids is 2. The van der Waals surface area contributed by atoms with Gasteiger partial charge in [0, 0.05) is 30.9 Å². The zero-order valence-electron chi connectivity index (χ0n) is 15.4. The largest absolute Gasteiger partial charge is 0.355 e. The second-order valence-electron chi connectivity index (χ2n) is 6.31. The van der Waals surface area contributed by atoms with Crippen LogP contribution in [0.3, 0.4) is 0 Å². The van der Waals surface area contributed by atoms with Gasteiger partial charge >= 0.3 is 0 Å². The topological polar surface area (TPSA) is 95.6 Å². The van der Waals surface area contributed by atoms with E-state index in [-0.39, 0.29) is 17.6 Å². The third-order valence-corrected chi connectivity index (χ3v) is 6.22. The number of amides is 2. The van der Waals surface area contributed by atoms with Gasteiger partial charge in [0.1, 0.15) is 0 Å². The lowest BCUT2D eigenvalue weighted by molar-refractivity contribution is -0.111. The molecule has 0 aliphatic carbocycles. The Balaban J connectivity index is 1.60. The van der Waals surface area contributed by atoms with E-state index in [4.69, 9.17) is 0 Å². The fourth-order valence-electron chi connectivity index (χ4n) is 2.89. The van der Waals surface area contributed by atoms with E-state index >= 15 is 0 Å². The van der Waals surface area contributed by atoms with E-state index in [1.54, 1.807) is 61.7 Å². The van der Waals surface area contributed by atoms with Gasteiger partial charge in [0.15, 0.2) is 0 Å². The summed E-state index contributed by atoms with van der Waals surface area (Å²) < 4.78 is 25.3. The van der Waals surface area contributed by atoms with Gasteiger partial charge in [-0.15, -0.1) is 0 Å². The number of hydrogen-bond acceptors (Lipinski definition) is 4. The average Bonchev–Trinajstić information content (AvgIpc) is 3.06. The molecule has 0 atom stereocenters. The second kappa shape index (κ2) is 8.26. The lowest BCUT2D eigenvalue weighted by Gasteiger charge is -2.16. The molecule has 1 aliphatic heterocycles. The summed E-state index contributed by atoms with van der Waals surface area (Å²) in [7, 11) is -1.64. The minimum atomic E-state index is -3.20. The van der Waals surface area contributed by atoms with Gasteiger partial charge in [-0.2, -0.15) is 0 Å². The minimum absolute atomic E-state index is 0.179. The van der Waals surface area contributed by atoms with E-state index in [9.17, 15) is 18.0 Å². The molecule has 2 aromatic rings. The number of nitrogens with one attached hydrogen (secondary N) is 2. The summed E-state index contributed by atoms with van der Waals surface area (Å²) in [6.45, 7) is 0.499. The van der Waals surface area contributed by atoms with Gasteiger partial charge in [-0.05, 0) is 54.5 Å². The van der Waals surface area contributed by atoms with Crippen LogP contribution in [-0.4, -0.2) is 39.6 Å². The molecule has 0 bridgehead atoms. The van der Waals surface area contributed by atoms with Gasteiger partial charge in [-0.1, -0.05) is 12.1 Å². The van der Waals surface area contributed by atoms with E-state index in [1.165, 1.54) is 10.4 Å². The Morgan fingerprint density at radius 1 is 1.04 bits per heavy atom. The molecule has 7 nitrogen and oxygen atoms in total. The molecule has 2 amide bonds. The molecular weight excluding hydrogens is 378 g/mol. The normalized spacial score (nSPS) is 15.5. The SMILES string of the molecule is CNC(=O)c1ccc(NC(=O)/C=C/c2ccc(N3CCCS3(=O)=O)cc2)cc1. The fourth-order valence-corrected chi connectivity index (χ4v) is 4.45. The zero-order valence-corrected chi connectivity index (χ0v) is 16.2. The average molecular weight is 399 g/mol. The molecule has 8 heteroatoms. The number of benzene rings is 2. The minimum Gasteiger partial charge on any atom is -0.355 e. The molecule has 1 saturated heterocycles. The highest BCUT2D eigenvalue weighted by atomic mass is 32.2. The van der Waals surface area contributed by atoms with Gasteiger partial charge in [0.2, 0.25) is 15.9 Å². The molecule has 1 aliphatic rings. The van der Waals surface area contributed by atoms with E-state index in [1.807, 2.05) is 0 Å². The Morgan fingerprint density at radius 3 is 2.29 bits per heavy atom. The Hall–Kier alpha value is -3.13. The first-order valence-electron chi connectivity index (χ1n) is 8.81. The first-order valence-corrected chi connectivity index (χ1v) is 10.4. The quantitative estimate of drug-likeness (QED) is 0.754. The van der Waals surface area contributed by atoms with Gasteiger partial charge in [-0.3, -0.25) is 13.9 Å². The molecule has 0 aromatic heterocycles. The molecule has 1 fully saturated rings. The molecule has 0 spiro atoms. The summed E-state index contributed by atoms with van der Waals surface area (Å²) >= 11 is 0. The third-order valence-electron chi connectivity index (χ3n) is 4.35. The predicted octanol–water partition coefficient (Wildman–Crippen LogP) is 2.24. The molecule has 28 heavy (non-hydrogen) atoms. The molecule has 3 rings (SSSR count). The van der Waals surface area contributed by atoms with Crippen LogP contribution >= 0.6 is 0 Å². The van der Waals surface area contributed by atoms with Crippen LogP contribution in [0, 0.1) is 0 Å². The van der Waals surface area contributed by atoms with Crippen molar-refractivity contribution in [3.63, 3.8) is 0 Å². The van der Waals surface area contributed by atoms with E-state index in [2.05, 4.69) is 10.6 Å². The summed E-state index contributed by atoms with van der Waals surface area (Å²) in [5, 5.41) is 5.25. The van der Waals surface area contributed by atoms with Crippen molar-refractivity contribution in [3.05, 3.63) is 65.7 Å². The Bertz CT molecular complexity index is 997. The summed E-state index contributed by atoms with van der Waals surface area (Å²) in [6.07, 6.45) is 3.68. The summed E-state index contributed by atoms with van der Waals surface area (Å²) in [6, 6.07) is 13.6. The van der Waals surface area contributed by atoms with E-state index < -0.39 is 10.0 Å². The smallest absolute Gasteiger partial charge is 0.251 e. The van der Waals surface area contributed by atoms with Crippen LogP contribution in [0.4, 0.5) is 11.4 Å². The van der Waals surface area contributed by atoms with Crippen LogP contribution in [0.1, 0.15) is 22.3 Å². The summed E-state index contributed by atoms with van der Waals surface area (Å²) in [5.41, 5.74) is 2.51. The Labute approximate surface area is 164 Å². The van der Waals surface area contributed by atoms with Crippen molar-refractivity contribution in [1.29, 1.82) is 0 Å². The molecule has 0 saturated carbocycles. The van der Waals surface area contributed by atoms with Crippen LogP contribution < -0.4 is 14.9 Å². The van der Waals surface area contributed by atoms with Crippen molar-refractivity contribution in [3.8, 4) is 0 Å². The van der Waals surface area contributed by atoms with Crippen molar-refractivity contribution < 1.29 is 18.0 Å². The maximum atomic E-state index is 12.1. The van der Waals surface area contributed by atoms with Crippen molar-refractivity contribution >= 4 is 39.3 Å². The van der Waals surface area contributed by atoms with Crippen molar-refractivity contribution in [1.82, 2.24) is 5.32 Å². The first kappa shape index (κ1) is 19.6. The number of hydrogen-bond donors (Lipinski definition) is 2. The Kier molecular flexibility index (Phi) is 5.79. The number of nitrogens with zero attached hydrogens (tertiary/aromatic N) is 1. The lowest BCUT2D eigenvalue weighted by Crippen LogP contribution is -2.24. The summed E-state index contributed by atoms with van der Waals surface area (Å²) in [5.74, 6) is -0.319. The highest BCUT2D eigenvalue weighted by Gasteiger charge is 2.28. The zero-order chi connectivity index (χ0) is 20.1. The third kappa shape index (κ3) is 4.58. The number of anilines is 2. The molecule has 2 aromatic carbocycles. The van der Waals surface area contributed by atoms with Crippen molar-refractivity contribution in [2.75, 3.05) is 29.0 Å². The van der Waals surface area contributed by atoms with Gasteiger partial charge in [0.25, 0.3) is 5.91 Å². The highest BCUT2D eigenvalue weighted by molar-refractivity contribution is 7.93. The van der Waals surface area contributed by atoms with E-state index in [0.29, 0.717) is 29.9 Å². The van der Waals surface area contributed by atoms with E-state index in [0.717, 1.165) is 5.56 Å². The monoisotopic (exact) mass is 399 g/mol. The van der Waals surface area contributed by atoms with Crippen molar-refractivity contribution in [2.45, 2.75) is 6.42 Å². The predicted molar refractivity (Wildman–Crippen MR) is 110 cm³/mol. The first-order chi connectivity index (χ1) is 13.4. The summed E-state index contributed by atoms with van der Waals surface area (Å²) in [4.78, 5) is 23.6. The van der Waals surface area contributed by atoms with Gasteiger partial charge < -0.3 is 10.6 Å². The van der Waals surface area contributed by atoms with Crippen LogP contribution in [0.25, 0.3) is 6.08 Å². The fraction of sp³-hybridized carbons (Fsp3) is 0.200. The second-order valence-corrected chi connectivity index (χ2v) is 8.33. The number of carbonyl (C=O) groups is 2. The maximum Gasteiger partial charge on any atom is 0.251 e. The standard InChI is InChI=1S/C20H21N3O4S/c1-21-20(25)16-6-8-17(9-7-16)22-19(24)12-5-15-3-10-18(11-4-15)23-13-2-14-28(23,26)27/h3-12H,2,13-14H2,1H3,(H,21,25)(H,22,24)/b12-5+.